The molecule has 2 N–H and O–H groups in total. The molecule has 30 heavy (non-hydrogen) atoms. The Morgan fingerprint density at radius 2 is 2.00 bits per heavy atom. The first-order chi connectivity index (χ1) is 14.7. The molecule has 1 aliphatic rings. The van der Waals surface area contributed by atoms with Gasteiger partial charge in [-0.15, -0.1) is 0 Å². The number of guanidine groups is 1. The maximum Gasteiger partial charge on any atom is 0.191 e. The largest absolute Gasteiger partial charge is 0.378 e. The molecular weight excluding hydrogens is 380 g/mol. The van der Waals surface area contributed by atoms with Crippen LogP contribution in [0.15, 0.2) is 33.9 Å². The van der Waals surface area contributed by atoms with Gasteiger partial charge in [0, 0.05) is 43.4 Å². The lowest BCUT2D eigenvalue weighted by molar-refractivity contribution is 0.122. The SMILES string of the molecule is CCNC(=NCc1cccnc1N1CCOCC1)NCc1cc(C(CC)CC)no1. The van der Waals surface area contributed by atoms with Crippen molar-refractivity contribution in [3.8, 4) is 0 Å². The second-order valence-corrected chi connectivity index (χ2v) is 7.37. The minimum Gasteiger partial charge on any atom is -0.378 e. The molecule has 3 heterocycles. The molecule has 0 aromatic carbocycles. The van der Waals surface area contributed by atoms with Crippen molar-refractivity contribution in [3.05, 3.63) is 41.4 Å². The fraction of sp³-hybridized carbons (Fsp3) is 0.591. The zero-order valence-corrected chi connectivity index (χ0v) is 18.4. The molecule has 0 atom stereocenters. The molecule has 0 radical (unpaired) electrons. The van der Waals surface area contributed by atoms with Gasteiger partial charge in [0.1, 0.15) is 5.82 Å². The first kappa shape index (κ1) is 22.1. The van der Waals surface area contributed by atoms with Crippen molar-refractivity contribution in [1.29, 1.82) is 0 Å². The zero-order valence-electron chi connectivity index (χ0n) is 18.4. The number of aromatic nitrogens is 2. The number of hydrogen-bond acceptors (Lipinski definition) is 6. The Labute approximate surface area is 179 Å². The maximum atomic E-state index is 5.52. The van der Waals surface area contributed by atoms with Gasteiger partial charge in [-0.3, -0.25) is 0 Å². The maximum absolute atomic E-state index is 5.52. The van der Waals surface area contributed by atoms with E-state index in [0.717, 1.165) is 74.5 Å². The third kappa shape index (κ3) is 5.95. The first-order valence-electron chi connectivity index (χ1n) is 11.0. The Morgan fingerprint density at radius 3 is 2.73 bits per heavy atom. The molecular formula is C22H34N6O2. The smallest absolute Gasteiger partial charge is 0.191 e. The Bertz CT molecular complexity index is 796. The van der Waals surface area contributed by atoms with Crippen molar-refractivity contribution in [2.45, 2.75) is 52.6 Å². The van der Waals surface area contributed by atoms with Crippen LogP contribution in [0.4, 0.5) is 5.82 Å². The van der Waals surface area contributed by atoms with Crippen LogP contribution in [0.5, 0.6) is 0 Å². The number of morpholine rings is 1. The molecule has 164 valence electrons. The van der Waals surface area contributed by atoms with Crippen LogP contribution in [0, 0.1) is 0 Å². The topological polar surface area (TPSA) is 87.8 Å². The fourth-order valence-corrected chi connectivity index (χ4v) is 3.60. The van der Waals surface area contributed by atoms with E-state index in [1.807, 2.05) is 18.3 Å². The molecule has 2 aromatic heterocycles. The summed E-state index contributed by atoms with van der Waals surface area (Å²) in [6, 6.07) is 6.10. The van der Waals surface area contributed by atoms with E-state index in [1.165, 1.54) is 0 Å². The standard InChI is InChI=1S/C22H34N6O2/c1-4-17(5-2)20-14-19(30-27-20)16-26-22(23-6-3)25-15-18-8-7-9-24-21(18)28-10-12-29-13-11-28/h7-9,14,17H,4-6,10-13,15-16H2,1-3H3,(H2,23,25,26). The van der Waals surface area contributed by atoms with Gasteiger partial charge in [-0.1, -0.05) is 25.1 Å². The highest BCUT2D eigenvalue weighted by Gasteiger charge is 2.16. The number of rotatable bonds is 9. The van der Waals surface area contributed by atoms with Crippen molar-refractivity contribution < 1.29 is 9.26 Å². The summed E-state index contributed by atoms with van der Waals surface area (Å²) in [5.74, 6) is 3.01. The average Bonchev–Trinajstić information content (AvgIpc) is 3.26. The van der Waals surface area contributed by atoms with Gasteiger partial charge in [0.2, 0.25) is 0 Å². The van der Waals surface area contributed by atoms with Gasteiger partial charge in [0.15, 0.2) is 11.7 Å². The third-order valence-electron chi connectivity index (χ3n) is 5.34. The predicted molar refractivity (Wildman–Crippen MR) is 119 cm³/mol. The van der Waals surface area contributed by atoms with Crippen molar-refractivity contribution >= 4 is 11.8 Å². The molecule has 1 fully saturated rings. The van der Waals surface area contributed by atoms with E-state index >= 15 is 0 Å². The zero-order chi connectivity index (χ0) is 21.2. The van der Waals surface area contributed by atoms with Crippen LogP contribution in [-0.4, -0.2) is 48.9 Å². The summed E-state index contributed by atoms with van der Waals surface area (Å²) in [4.78, 5) is 11.6. The van der Waals surface area contributed by atoms with Crippen molar-refractivity contribution in [2.75, 3.05) is 37.7 Å². The lowest BCUT2D eigenvalue weighted by Gasteiger charge is -2.29. The predicted octanol–water partition coefficient (Wildman–Crippen LogP) is 3.07. The van der Waals surface area contributed by atoms with Gasteiger partial charge in [0.05, 0.1) is 32.0 Å². The van der Waals surface area contributed by atoms with Crippen LogP contribution in [0.2, 0.25) is 0 Å². The Kier molecular flexibility index (Phi) is 8.50. The molecule has 0 saturated carbocycles. The van der Waals surface area contributed by atoms with Crippen LogP contribution >= 0.6 is 0 Å². The lowest BCUT2D eigenvalue weighted by atomic mass is 9.99. The number of aliphatic imine (C=N–C) groups is 1. The molecule has 1 saturated heterocycles. The quantitative estimate of drug-likeness (QED) is 0.482. The van der Waals surface area contributed by atoms with E-state index in [-0.39, 0.29) is 0 Å². The average molecular weight is 415 g/mol. The third-order valence-corrected chi connectivity index (χ3v) is 5.34. The number of pyridine rings is 1. The van der Waals surface area contributed by atoms with E-state index in [2.05, 4.69) is 52.5 Å². The van der Waals surface area contributed by atoms with E-state index in [1.54, 1.807) is 0 Å². The summed E-state index contributed by atoms with van der Waals surface area (Å²) in [5, 5.41) is 10.9. The van der Waals surface area contributed by atoms with Gasteiger partial charge in [-0.25, -0.2) is 9.98 Å². The van der Waals surface area contributed by atoms with E-state index < -0.39 is 0 Å². The molecule has 0 unspecified atom stereocenters. The molecule has 2 aromatic rings. The molecule has 1 aliphatic heterocycles. The molecule has 8 nitrogen and oxygen atoms in total. The summed E-state index contributed by atoms with van der Waals surface area (Å²) in [6.07, 6.45) is 3.97. The van der Waals surface area contributed by atoms with Crippen molar-refractivity contribution in [3.63, 3.8) is 0 Å². The van der Waals surface area contributed by atoms with E-state index in [0.29, 0.717) is 19.0 Å². The van der Waals surface area contributed by atoms with Crippen LogP contribution in [0.3, 0.4) is 0 Å². The van der Waals surface area contributed by atoms with E-state index in [4.69, 9.17) is 14.3 Å². The lowest BCUT2D eigenvalue weighted by Crippen LogP contribution is -2.38. The normalized spacial score (nSPS) is 14.9. The molecule has 0 aliphatic carbocycles. The van der Waals surface area contributed by atoms with Crippen LogP contribution in [-0.2, 0) is 17.8 Å². The van der Waals surface area contributed by atoms with Gasteiger partial charge in [-0.2, -0.15) is 0 Å². The number of ether oxygens (including phenoxy) is 1. The monoisotopic (exact) mass is 414 g/mol. The van der Waals surface area contributed by atoms with Crippen molar-refractivity contribution in [2.24, 2.45) is 4.99 Å². The van der Waals surface area contributed by atoms with Crippen molar-refractivity contribution in [1.82, 2.24) is 20.8 Å². The molecule has 0 spiro atoms. The second-order valence-electron chi connectivity index (χ2n) is 7.37. The summed E-state index contributed by atoms with van der Waals surface area (Å²) in [5.41, 5.74) is 2.14. The van der Waals surface area contributed by atoms with Crippen LogP contribution < -0.4 is 15.5 Å². The summed E-state index contributed by atoms with van der Waals surface area (Å²) in [7, 11) is 0. The number of nitrogens with one attached hydrogen (secondary N) is 2. The molecule has 0 amide bonds. The molecule has 8 heteroatoms. The Hall–Kier alpha value is -2.61. The van der Waals surface area contributed by atoms with Gasteiger partial charge in [0.25, 0.3) is 0 Å². The van der Waals surface area contributed by atoms with Crippen LogP contribution in [0.25, 0.3) is 0 Å². The summed E-state index contributed by atoms with van der Waals surface area (Å²) < 4.78 is 11.0. The molecule has 0 bridgehead atoms. The Balaban J connectivity index is 1.64. The number of anilines is 1. The highest BCUT2D eigenvalue weighted by molar-refractivity contribution is 5.79. The summed E-state index contributed by atoms with van der Waals surface area (Å²) in [6.45, 7) is 11.5. The minimum absolute atomic E-state index is 0.452. The van der Waals surface area contributed by atoms with Crippen LogP contribution in [0.1, 0.15) is 56.5 Å². The highest BCUT2D eigenvalue weighted by atomic mass is 16.5. The first-order valence-corrected chi connectivity index (χ1v) is 11.0. The summed E-state index contributed by atoms with van der Waals surface area (Å²) >= 11 is 0. The highest BCUT2D eigenvalue weighted by Crippen LogP contribution is 2.22. The Morgan fingerprint density at radius 1 is 1.20 bits per heavy atom. The number of hydrogen-bond donors (Lipinski definition) is 2. The van der Waals surface area contributed by atoms with Gasteiger partial charge < -0.3 is 24.8 Å². The van der Waals surface area contributed by atoms with Gasteiger partial charge in [-0.05, 0) is 25.8 Å². The van der Waals surface area contributed by atoms with Gasteiger partial charge >= 0.3 is 0 Å². The fourth-order valence-electron chi connectivity index (χ4n) is 3.60. The van der Waals surface area contributed by atoms with E-state index in [9.17, 15) is 0 Å². The second kappa shape index (κ2) is 11.5. The molecule has 3 rings (SSSR count). The number of nitrogens with zero attached hydrogens (tertiary/aromatic N) is 4. The minimum atomic E-state index is 0.452.